The monoisotopic (exact) mass is 274 g/mol. The lowest BCUT2D eigenvalue weighted by molar-refractivity contribution is 0.0732. The zero-order valence-corrected chi connectivity index (χ0v) is 11.5. The van der Waals surface area contributed by atoms with Crippen LogP contribution in [-0.4, -0.2) is 53.4 Å². The van der Waals surface area contributed by atoms with Crippen molar-refractivity contribution in [2.75, 3.05) is 13.1 Å². The summed E-state index contributed by atoms with van der Waals surface area (Å²) in [6, 6.07) is 0.0661. The van der Waals surface area contributed by atoms with Crippen molar-refractivity contribution in [3.05, 3.63) is 0 Å². The van der Waals surface area contributed by atoms with E-state index >= 15 is 0 Å². The second-order valence-corrected chi connectivity index (χ2v) is 7.64. The fraction of sp³-hybridized carbons (Fsp3) is 1.00. The van der Waals surface area contributed by atoms with Crippen molar-refractivity contribution in [3.63, 3.8) is 0 Å². The molecule has 5 nitrogen and oxygen atoms in total. The smallest absolute Gasteiger partial charge is 0.282 e. The molecule has 104 valence electrons. The van der Waals surface area contributed by atoms with E-state index in [4.69, 9.17) is 0 Å². The molecule has 3 aliphatic heterocycles. The first-order chi connectivity index (χ1) is 8.59. The van der Waals surface area contributed by atoms with E-state index in [1.54, 1.807) is 8.61 Å². The molecule has 0 aromatic heterocycles. The van der Waals surface area contributed by atoms with Gasteiger partial charge in [0.05, 0.1) is 6.10 Å². The summed E-state index contributed by atoms with van der Waals surface area (Å²) in [5, 5.41) is 9.75. The van der Waals surface area contributed by atoms with Crippen LogP contribution in [0.5, 0.6) is 0 Å². The Hall–Kier alpha value is -0.170. The minimum atomic E-state index is -3.29. The molecule has 6 heteroatoms. The van der Waals surface area contributed by atoms with Crippen LogP contribution in [0.3, 0.4) is 0 Å². The lowest BCUT2D eigenvalue weighted by atomic mass is 10.0. The van der Waals surface area contributed by atoms with E-state index in [1.807, 2.05) is 0 Å². The Balaban J connectivity index is 1.81. The van der Waals surface area contributed by atoms with Gasteiger partial charge in [0.1, 0.15) is 0 Å². The molecule has 0 aromatic rings. The molecule has 3 heterocycles. The van der Waals surface area contributed by atoms with Gasteiger partial charge in [0.25, 0.3) is 10.2 Å². The predicted molar refractivity (Wildman–Crippen MR) is 68.2 cm³/mol. The fourth-order valence-corrected chi connectivity index (χ4v) is 5.83. The number of nitrogens with zero attached hydrogens (tertiary/aromatic N) is 2. The van der Waals surface area contributed by atoms with Crippen molar-refractivity contribution in [1.82, 2.24) is 8.61 Å². The fourth-order valence-electron chi connectivity index (χ4n) is 3.71. The number of fused-ring (bicyclic) bond motifs is 2. The van der Waals surface area contributed by atoms with Gasteiger partial charge in [-0.3, -0.25) is 0 Å². The Kier molecular flexibility index (Phi) is 3.38. The Morgan fingerprint density at radius 3 is 2.06 bits per heavy atom. The maximum Gasteiger partial charge on any atom is 0.282 e. The summed E-state index contributed by atoms with van der Waals surface area (Å²) in [7, 11) is -3.29. The molecule has 0 spiro atoms. The van der Waals surface area contributed by atoms with Gasteiger partial charge in [-0.1, -0.05) is 6.42 Å². The molecule has 1 unspecified atom stereocenters. The molecule has 3 saturated heterocycles. The van der Waals surface area contributed by atoms with Gasteiger partial charge in [-0.25, -0.2) is 0 Å². The van der Waals surface area contributed by atoms with Crippen LogP contribution in [0.15, 0.2) is 0 Å². The van der Waals surface area contributed by atoms with Gasteiger partial charge in [0, 0.05) is 25.2 Å². The van der Waals surface area contributed by atoms with Crippen LogP contribution in [-0.2, 0) is 10.2 Å². The molecule has 3 rings (SSSR count). The predicted octanol–water partition coefficient (Wildman–Crippen LogP) is 0.705. The molecular formula is C12H22N2O3S. The molecule has 0 amide bonds. The summed E-state index contributed by atoms with van der Waals surface area (Å²) in [6.07, 6.45) is 5.83. The second-order valence-electron chi connectivity index (χ2n) is 5.81. The molecule has 0 saturated carbocycles. The van der Waals surface area contributed by atoms with Crippen LogP contribution in [0, 0.1) is 0 Å². The van der Waals surface area contributed by atoms with Crippen LogP contribution in [0.1, 0.15) is 44.9 Å². The van der Waals surface area contributed by atoms with Crippen LogP contribution in [0.25, 0.3) is 0 Å². The van der Waals surface area contributed by atoms with Crippen molar-refractivity contribution in [2.24, 2.45) is 0 Å². The minimum Gasteiger partial charge on any atom is -0.393 e. The summed E-state index contributed by atoms with van der Waals surface area (Å²) < 4.78 is 28.7. The van der Waals surface area contributed by atoms with Gasteiger partial charge >= 0.3 is 0 Å². The van der Waals surface area contributed by atoms with E-state index in [0.29, 0.717) is 25.9 Å². The largest absolute Gasteiger partial charge is 0.393 e. The van der Waals surface area contributed by atoms with Crippen molar-refractivity contribution in [3.8, 4) is 0 Å². The zero-order valence-electron chi connectivity index (χ0n) is 10.7. The highest BCUT2D eigenvalue weighted by atomic mass is 32.2. The first-order valence-corrected chi connectivity index (χ1v) is 8.45. The highest BCUT2D eigenvalue weighted by molar-refractivity contribution is 7.86. The van der Waals surface area contributed by atoms with Gasteiger partial charge in [-0.2, -0.15) is 17.0 Å². The molecule has 3 atom stereocenters. The quantitative estimate of drug-likeness (QED) is 0.806. The summed E-state index contributed by atoms with van der Waals surface area (Å²) >= 11 is 0. The lowest BCUT2D eigenvalue weighted by Crippen LogP contribution is -2.54. The van der Waals surface area contributed by atoms with Crippen LogP contribution in [0.4, 0.5) is 0 Å². The van der Waals surface area contributed by atoms with E-state index in [0.717, 1.165) is 32.1 Å². The number of aliphatic hydroxyl groups excluding tert-OH is 1. The summed E-state index contributed by atoms with van der Waals surface area (Å²) in [4.78, 5) is 0. The zero-order chi connectivity index (χ0) is 12.8. The maximum atomic E-state index is 12.7. The van der Waals surface area contributed by atoms with E-state index in [9.17, 15) is 13.5 Å². The lowest BCUT2D eigenvalue weighted by Gasteiger charge is -2.39. The highest BCUT2D eigenvalue weighted by Gasteiger charge is 2.48. The molecule has 1 N–H and O–H groups in total. The normalized spacial score (nSPS) is 39.1. The molecule has 3 aliphatic rings. The molecule has 2 bridgehead atoms. The van der Waals surface area contributed by atoms with Gasteiger partial charge < -0.3 is 5.11 Å². The third-order valence-electron chi connectivity index (χ3n) is 4.55. The number of hydrogen-bond acceptors (Lipinski definition) is 3. The Labute approximate surface area is 109 Å². The van der Waals surface area contributed by atoms with E-state index in [2.05, 4.69) is 0 Å². The second kappa shape index (κ2) is 4.74. The molecular weight excluding hydrogens is 252 g/mol. The highest BCUT2D eigenvalue weighted by Crippen LogP contribution is 2.39. The number of piperidine rings is 2. The average molecular weight is 274 g/mol. The van der Waals surface area contributed by atoms with Crippen molar-refractivity contribution in [2.45, 2.75) is 63.1 Å². The molecule has 0 radical (unpaired) electrons. The van der Waals surface area contributed by atoms with Crippen LogP contribution >= 0.6 is 0 Å². The van der Waals surface area contributed by atoms with Crippen molar-refractivity contribution < 1.29 is 13.5 Å². The van der Waals surface area contributed by atoms with Gasteiger partial charge in [-0.05, 0) is 38.5 Å². The van der Waals surface area contributed by atoms with Crippen LogP contribution in [0.2, 0.25) is 0 Å². The first-order valence-electron chi connectivity index (χ1n) is 7.06. The summed E-state index contributed by atoms with van der Waals surface area (Å²) in [5.74, 6) is 0. The van der Waals surface area contributed by atoms with E-state index < -0.39 is 10.2 Å². The molecule has 18 heavy (non-hydrogen) atoms. The third-order valence-corrected chi connectivity index (χ3v) is 6.70. The Morgan fingerprint density at radius 2 is 1.50 bits per heavy atom. The SMILES string of the molecule is O=S(=O)(N1CCCCC1)N1[C@@H]2CC[C@H]1CC(O)C2. The van der Waals surface area contributed by atoms with Gasteiger partial charge in [0.2, 0.25) is 0 Å². The van der Waals surface area contributed by atoms with E-state index in [1.165, 1.54) is 0 Å². The van der Waals surface area contributed by atoms with Crippen LogP contribution < -0.4 is 0 Å². The average Bonchev–Trinajstić information content (AvgIpc) is 2.64. The molecule has 0 aliphatic carbocycles. The third kappa shape index (κ3) is 2.09. The number of aliphatic hydroxyl groups is 1. The molecule has 0 aromatic carbocycles. The summed E-state index contributed by atoms with van der Waals surface area (Å²) in [5.41, 5.74) is 0. The van der Waals surface area contributed by atoms with Crippen molar-refractivity contribution in [1.29, 1.82) is 0 Å². The van der Waals surface area contributed by atoms with Gasteiger partial charge in [0.15, 0.2) is 0 Å². The number of rotatable bonds is 2. The standard InChI is InChI=1S/C12H22N2O3S/c15-12-8-10-4-5-11(9-12)14(10)18(16,17)13-6-2-1-3-7-13/h10-12,15H,1-9H2/t10-,11+,12?. The summed E-state index contributed by atoms with van der Waals surface area (Å²) in [6.45, 7) is 1.33. The van der Waals surface area contributed by atoms with E-state index in [-0.39, 0.29) is 18.2 Å². The number of hydrogen-bond donors (Lipinski definition) is 1. The topological polar surface area (TPSA) is 60.9 Å². The molecule has 3 fully saturated rings. The minimum absolute atomic E-state index is 0.0330. The maximum absolute atomic E-state index is 12.7. The Morgan fingerprint density at radius 1 is 0.944 bits per heavy atom. The van der Waals surface area contributed by atoms with Crippen molar-refractivity contribution >= 4 is 10.2 Å². The Bertz CT molecular complexity index is 392. The van der Waals surface area contributed by atoms with Gasteiger partial charge in [-0.15, -0.1) is 0 Å². The first kappa shape index (κ1) is 12.8.